The molecule has 0 saturated carbocycles. The lowest BCUT2D eigenvalue weighted by Gasteiger charge is -2.27. The molecule has 0 aromatic heterocycles. The summed E-state index contributed by atoms with van der Waals surface area (Å²) in [6, 6.07) is 0.157. The van der Waals surface area contributed by atoms with Crippen molar-refractivity contribution in [2.75, 3.05) is 45.5 Å². The van der Waals surface area contributed by atoms with Gasteiger partial charge >= 0.3 is 0 Å². The summed E-state index contributed by atoms with van der Waals surface area (Å²) >= 11 is 0. The topological polar surface area (TPSA) is 52.7 Å². The van der Waals surface area contributed by atoms with Crippen molar-refractivity contribution in [2.24, 2.45) is 0 Å². The third-order valence-corrected chi connectivity index (χ3v) is 5.87. The summed E-state index contributed by atoms with van der Waals surface area (Å²) in [5.74, 6) is 0.275. The Morgan fingerprint density at radius 3 is 2.67 bits per heavy atom. The Hall–Kier alpha value is -0.170. The van der Waals surface area contributed by atoms with Crippen LogP contribution in [0.25, 0.3) is 0 Å². The predicted octanol–water partition coefficient (Wildman–Crippen LogP) is 0.0958. The summed E-state index contributed by atoms with van der Waals surface area (Å²) in [6.45, 7) is 4.12. The second kappa shape index (κ2) is 6.32. The zero-order chi connectivity index (χ0) is 13.0. The normalized spacial score (nSPS) is 29.1. The van der Waals surface area contributed by atoms with Gasteiger partial charge in [0, 0.05) is 25.7 Å². The van der Waals surface area contributed by atoms with Gasteiger partial charge < -0.3 is 10.2 Å². The summed E-state index contributed by atoms with van der Waals surface area (Å²) in [6.07, 6.45) is 4.25. The van der Waals surface area contributed by atoms with Crippen LogP contribution in [0, 0.1) is 0 Å². The van der Waals surface area contributed by atoms with Crippen LogP contribution in [0.5, 0.6) is 0 Å². The molecular formula is C12H25N3O2S. The molecule has 2 aliphatic rings. The van der Waals surface area contributed by atoms with E-state index in [9.17, 15) is 8.42 Å². The van der Waals surface area contributed by atoms with E-state index in [1.54, 1.807) is 4.31 Å². The quantitative estimate of drug-likeness (QED) is 0.793. The second-order valence-electron chi connectivity index (χ2n) is 5.48. The number of nitrogens with zero attached hydrogens (tertiary/aromatic N) is 2. The molecule has 2 fully saturated rings. The van der Waals surface area contributed by atoms with Crippen LogP contribution in [0.3, 0.4) is 0 Å². The maximum absolute atomic E-state index is 12.4. The lowest BCUT2D eigenvalue weighted by Crippen LogP contribution is -2.45. The summed E-state index contributed by atoms with van der Waals surface area (Å²) in [7, 11) is -1.03. The Bertz CT molecular complexity index is 352. The zero-order valence-electron chi connectivity index (χ0n) is 11.3. The van der Waals surface area contributed by atoms with Crippen LogP contribution in [0.1, 0.15) is 25.7 Å². The van der Waals surface area contributed by atoms with Crippen LogP contribution in [-0.4, -0.2) is 69.2 Å². The first kappa shape index (κ1) is 14.2. The number of likely N-dealkylation sites (N-methyl/N-ethyl adjacent to an activating group) is 1. The maximum Gasteiger partial charge on any atom is 0.215 e. The van der Waals surface area contributed by atoms with E-state index in [4.69, 9.17) is 0 Å². The van der Waals surface area contributed by atoms with Crippen molar-refractivity contribution < 1.29 is 8.42 Å². The molecule has 0 amide bonds. The highest BCUT2D eigenvalue weighted by atomic mass is 32.2. The van der Waals surface area contributed by atoms with Crippen molar-refractivity contribution in [1.29, 1.82) is 0 Å². The van der Waals surface area contributed by atoms with Gasteiger partial charge in [0.15, 0.2) is 0 Å². The molecule has 106 valence electrons. The van der Waals surface area contributed by atoms with E-state index in [1.165, 1.54) is 6.42 Å². The van der Waals surface area contributed by atoms with Crippen LogP contribution in [0.15, 0.2) is 0 Å². The third kappa shape index (κ3) is 3.91. The molecular weight excluding hydrogens is 250 g/mol. The molecule has 5 nitrogen and oxygen atoms in total. The van der Waals surface area contributed by atoms with Crippen LogP contribution in [0.2, 0.25) is 0 Å². The molecule has 0 aromatic rings. The molecule has 0 radical (unpaired) electrons. The van der Waals surface area contributed by atoms with Crippen LogP contribution < -0.4 is 5.32 Å². The number of sulfonamides is 1. The predicted molar refractivity (Wildman–Crippen MR) is 73.1 cm³/mol. The van der Waals surface area contributed by atoms with Gasteiger partial charge in [-0.25, -0.2) is 12.7 Å². The molecule has 1 unspecified atom stereocenters. The Morgan fingerprint density at radius 1 is 1.11 bits per heavy atom. The average Bonchev–Trinajstić information content (AvgIpc) is 2.55. The van der Waals surface area contributed by atoms with Gasteiger partial charge in [-0.2, -0.15) is 0 Å². The van der Waals surface area contributed by atoms with Gasteiger partial charge in [-0.05, 0) is 39.4 Å². The fourth-order valence-corrected chi connectivity index (χ4v) is 4.50. The second-order valence-corrected chi connectivity index (χ2v) is 7.49. The number of hydrogen-bond acceptors (Lipinski definition) is 4. The highest BCUT2D eigenvalue weighted by molar-refractivity contribution is 7.89. The third-order valence-electron chi connectivity index (χ3n) is 3.90. The van der Waals surface area contributed by atoms with Gasteiger partial charge in [-0.1, -0.05) is 6.42 Å². The molecule has 0 aliphatic carbocycles. The number of hydrogen-bond donors (Lipinski definition) is 1. The minimum Gasteiger partial charge on any atom is -0.313 e. The standard InChI is InChI=1S/C12H25N3O2S/c1-14-7-4-8-15(10-9-14)18(16,17)11-12-5-2-3-6-13-12/h12-13H,2-11H2,1H3. The number of rotatable bonds is 3. The minimum absolute atomic E-state index is 0.157. The smallest absolute Gasteiger partial charge is 0.215 e. The van der Waals surface area contributed by atoms with Crippen molar-refractivity contribution in [3.63, 3.8) is 0 Å². The molecule has 2 rings (SSSR count). The van der Waals surface area contributed by atoms with E-state index in [1.807, 2.05) is 0 Å². The molecule has 18 heavy (non-hydrogen) atoms. The van der Waals surface area contributed by atoms with Crippen LogP contribution in [0.4, 0.5) is 0 Å². The van der Waals surface area contributed by atoms with Gasteiger partial charge in [0.2, 0.25) is 10.0 Å². The lowest BCUT2D eigenvalue weighted by atomic mass is 10.1. The van der Waals surface area contributed by atoms with Gasteiger partial charge in [0.05, 0.1) is 5.75 Å². The van der Waals surface area contributed by atoms with E-state index in [2.05, 4.69) is 17.3 Å². The van der Waals surface area contributed by atoms with Crippen LogP contribution in [-0.2, 0) is 10.0 Å². The first-order valence-electron chi connectivity index (χ1n) is 6.98. The minimum atomic E-state index is -3.09. The maximum atomic E-state index is 12.4. The van der Waals surface area contributed by atoms with Crippen molar-refractivity contribution in [1.82, 2.24) is 14.5 Å². The van der Waals surface area contributed by atoms with Crippen molar-refractivity contribution in [2.45, 2.75) is 31.7 Å². The number of nitrogens with one attached hydrogen (secondary N) is 1. The largest absolute Gasteiger partial charge is 0.313 e. The molecule has 0 spiro atoms. The van der Waals surface area contributed by atoms with E-state index < -0.39 is 10.0 Å². The Kier molecular flexibility index (Phi) is 5.00. The highest BCUT2D eigenvalue weighted by Crippen LogP contribution is 2.13. The van der Waals surface area contributed by atoms with Gasteiger partial charge in [0.1, 0.15) is 0 Å². The lowest BCUT2D eigenvalue weighted by molar-refractivity contribution is 0.345. The SMILES string of the molecule is CN1CCCN(S(=O)(=O)CC2CCCCN2)CC1. The zero-order valence-corrected chi connectivity index (χ0v) is 12.1. The molecule has 2 saturated heterocycles. The monoisotopic (exact) mass is 275 g/mol. The van der Waals surface area contributed by atoms with Crippen molar-refractivity contribution in [3.05, 3.63) is 0 Å². The Morgan fingerprint density at radius 2 is 1.94 bits per heavy atom. The van der Waals surface area contributed by atoms with Gasteiger partial charge in [-0.15, -0.1) is 0 Å². The van der Waals surface area contributed by atoms with E-state index >= 15 is 0 Å². The summed E-state index contributed by atoms with van der Waals surface area (Å²) < 4.78 is 26.4. The Labute approximate surface area is 111 Å². The molecule has 6 heteroatoms. The molecule has 2 heterocycles. The fraction of sp³-hybridized carbons (Fsp3) is 1.00. The Balaban J connectivity index is 1.92. The molecule has 0 bridgehead atoms. The van der Waals surface area contributed by atoms with Gasteiger partial charge in [0.25, 0.3) is 0 Å². The molecule has 0 aromatic carbocycles. The number of piperidine rings is 1. The average molecular weight is 275 g/mol. The van der Waals surface area contributed by atoms with E-state index in [0.29, 0.717) is 13.1 Å². The molecule has 1 atom stereocenters. The molecule has 1 N–H and O–H groups in total. The van der Waals surface area contributed by atoms with Crippen molar-refractivity contribution >= 4 is 10.0 Å². The van der Waals surface area contributed by atoms with Gasteiger partial charge in [-0.3, -0.25) is 0 Å². The first-order valence-corrected chi connectivity index (χ1v) is 8.58. The summed E-state index contributed by atoms with van der Waals surface area (Å²) in [4.78, 5) is 2.20. The summed E-state index contributed by atoms with van der Waals surface area (Å²) in [5.41, 5.74) is 0. The van der Waals surface area contributed by atoms with E-state index in [-0.39, 0.29) is 11.8 Å². The first-order chi connectivity index (χ1) is 8.58. The van der Waals surface area contributed by atoms with Crippen LogP contribution >= 0.6 is 0 Å². The van der Waals surface area contributed by atoms with E-state index in [0.717, 1.165) is 38.9 Å². The van der Waals surface area contributed by atoms with Crippen molar-refractivity contribution in [3.8, 4) is 0 Å². The summed E-state index contributed by atoms with van der Waals surface area (Å²) in [5, 5.41) is 3.32. The highest BCUT2D eigenvalue weighted by Gasteiger charge is 2.28. The molecule has 2 aliphatic heterocycles. The fourth-order valence-electron chi connectivity index (χ4n) is 2.73.